The van der Waals surface area contributed by atoms with Gasteiger partial charge in [0.1, 0.15) is 6.33 Å². The Hall–Kier alpha value is -3.13. The van der Waals surface area contributed by atoms with Gasteiger partial charge in [0, 0.05) is 7.05 Å². The highest BCUT2D eigenvalue weighted by Crippen LogP contribution is 2.22. The largest absolute Gasteiger partial charge is 0.481 e. The van der Waals surface area contributed by atoms with Crippen LogP contribution in [0.5, 0.6) is 11.8 Å². The fraction of sp³-hybridized carbons (Fsp3) is 0.250. The van der Waals surface area contributed by atoms with E-state index >= 15 is 0 Å². The van der Waals surface area contributed by atoms with E-state index < -0.39 is 21.1 Å². The van der Waals surface area contributed by atoms with Gasteiger partial charge >= 0.3 is 6.03 Å². The minimum Gasteiger partial charge on any atom is -0.481 e. The Morgan fingerprint density at radius 3 is 2.41 bits per heavy atom. The van der Waals surface area contributed by atoms with Crippen molar-refractivity contribution in [3.63, 3.8) is 0 Å². The van der Waals surface area contributed by atoms with Gasteiger partial charge in [-0.25, -0.2) is 14.0 Å². The zero-order valence-corrected chi connectivity index (χ0v) is 15.7. The molecule has 0 atom stereocenters. The van der Waals surface area contributed by atoms with Crippen molar-refractivity contribution in [2.24, 2.45) is 7.05 Å². The number of carbonyl (C=O) groups excluding carboxylic acids is 1. The Morgan fingerprint density at radius 2 is 1.81 bits per heavy atom. The van der Waals surface area contributed by atoms with Crippen molar-refractivity contribution in [3.05, 3.63) is 17.5 Å². The molecular formula is C12H13ClN8O5S. The van der Waals surface area contributed by atoms with Gasteiger partial charge in [-0.05, 0) is 0 Å². The zero-order valence-electron chi connectivity index (χ0n) is 14.2. The van der Waals surface area contributed by atoms with Gasteiger partial charge in [0.15, 0.2) is 5.15 Å². The lowest BCUT2D eigenvalue weighted by atomic mass is 10.6. The number of aromatic nitrogens is 6. The summed E-state index contributed by atoms with van der Waals surface area (Å²) in [5.74, 6) is 0.0407. The maximum absolute atomic E-state index is 12.6. The molecule has 0 aliphatic heterocycles. The highest BCUT2D eigenvalue weighted by atomic mass is 35.5. The van der Waals surface area contributed by atoms with Gasteiger partial charge in [0.05, 0.1) is 20.3 Å². The van der Waals surface area contributed by atoms with Gasteiger partial charge in [-0.3, -0.25) is 10.00 Å². The molecule has 0 aliphatic carbocycles. The Balaban J connectivity index is 1.87. The average molecular weight is 417 g/mol. The highest BCUT2D eigenvalue weighted by molar-refractivity contribution is 7.90. The van der Waals surface area contributed by atoms with E-state index in [1.807, 2.05) is 0 Å². The van der Waals surface area contributed by atoms with E-state index in [-0.39, 0.29) is 28.6 Å². The zero-order chi connectivity index (χ0) is 19.8. The summed E-state index contributed by atoms with van der Waals surface area (Å²) in [5, 5.41) is 1.39. The number of aryl methyl sites for hydroxylation is 1. The molecule has 13 nitrogen and oxygen atoms in total. The summed E-state index contributed by atoms with van der Waals surface area (Å²) >= 11 is 5.89. The van der Waals surface area contributed by atoms with Crippen LogP contribution in [0.1, 0.15) is 0 Å². The second kappa shape index (κ2) is 6.88. The van der Waals surface area contributed by atoms with E-state index in [0.29, 0.717) is 0 Å². The molecule has 15 heteroatoms. The molecule has 0 unspecified atom stereocenters. The first-order valence-corrected chi connectivity index (χ1v) is 8.97. The number of carbonyl (C=O) groups is 1. The number of methoxy groups -OCH3 is 2. The number of amides is 2. The van der Waals surface area contributed by atoms with Crippen molar-refractivity contribution in [3.8, 4) is 11.8 Å². The van der Waals surface area contributed by atoms with Gasteiger partial charge < -0.3 is 9.47 Å². The summed E-state index contributed by atoms with van der Waals surface area (Å²) in [7, 11) is -0.139. The summed E-state index contributed by atoms with van der Waals surface area (Å²) in [6.45, 7) is 0. The summed E-state index contributed by atoms with van der Waals surface area (Å²) in [5.41, 5.74) is 0. The molecule has 3 rings (SSSR count). The highest BCUT2D eigenvalue weighted by Gasteiger charge is 2.29. The van der Waals surface area contributed by atoms with Crippen molar-refractivity contribution in [2.45, 2.75) is 5.03 Å². The average Bonchev–Trinajstić information content (AvgIpc) is 3.12. The molecule has 27 heavy (non-hydrogen) atoms. The van der Waals surface area contributed by atoms with Crippen LogP contribution < -0.4 is 19.5 Å². The number of urea groups is 1. The van der Waals surface area contributed by atoms with E-state index in [0.717, 1.165) is 4.52 Å². The molecule has 0 spiro atoms. The number of rotatable bonds is 5. The molecule has 0 radical (unpaired) electrons. The first-order valence-electron chi connectivity index (χ1n) is 7.11. The Kier molecular flexibility index (Phi) is 4.75. The summed E-state index contributed by atoms with van der Waals surface area (Å²) in [4.78, 5) is 27.6. The number of sulfonamides is 1. The summed E-state index contributed by atoms with van der Waals surface area (Å²) in [6.07, 6.45) is 1.34. The number of ether oxygens (including phenoxy) is 2. The van der Waals surface area contributed by atoms with Crippen LogP contribution in [0.2, 0.25) is 5.15 Å². The molecule has 3 aromatic heterocycles. The molecule has 2 N–H and O–H groups in total. The minimum atomic E-state index is -4.39. The van der Waals surface area contributed by atoms with Gasteiger partial charge in [0.25, 0.3) is 15.8 Å². The standard InChI is InChI=1S/C12H13ClN8O5S/c1-20-5-14-11-17-8(13)9(21(11)20)27(23,24)19-12(22)18-10-15-6(25-2)4-7(16-10)26-3/h4-5H,1-3H3,(H2,15,16,18,19,22). The second-order valence-corrected chi connectivity index (χ2v) is 6.93. The number of halogens is 1. The van der Waals surface area contributed by atoms with E-state index in [2.05, 4.69) is 25.3 Å². The molecule has 3 aromatic rings. The number of fused-ring (bicyclic) bond motifs is 1. The minimum absolute atomic E-state index is 0.0594. The molecule has 0 bridgehead atoms. The number of hydrogen-bond donors (Lipinski definition) is 2. The summed E-state index contributed by atoms with van der Waals surface area (Å²) < 4.78 is 39.3. The predicted molar refractivity (Wildman–Crippen MR) is 91.4 cm³/mol. The van der Waals surface area contributed by atoms with Crippen molar-refractivity contribution in [1.29, 1.82) is 0 Å². The van der Waals surface area contributed by atoms with Crippen molar-refractivity contribution in [1.82, 2.24) is 33.9 Å². The number of hydrogen-bond acceptors (Lipinski definition) is 9. The molecule has 2 amide bonds. The quantitative estimate of drug-likeness (QED) is 0.586. The molecule has 0 aromatic carbocycles. The van der Waals surface area contributed by atoms with E-state index in [4.69, 9.17) is 21.1 Å². The predicted octanol–water partition coefficient (Wildman–Crippen LogP) is 0.0388. The van der Waals surface area contributed by atoms with Gasteiger partial charge in [-0.15, -0.1) is 0 Å². The van der Waals surface area contributed by atoms with Crippen LogP contribution in [0.25, 0.3) is 5.78 Å². The normalized spacial score (nSPS) is 11.4. The van der Waals surface area contributed by atoms with Crippen LogP contribution in [-0.4, -0.2) is 57.8 Å². The van der Waals surface area contributed by atoms with Crippen LogP contribution in [0.3, 0.4) is 0 Å². The topological polar surface area (TPSA) is 155 Å². The fourth-order valence-electron chi connectivity index (χ4n) is 2.11. The van der Waals surface area contributed by atoms with Gasteiger partial charge in [-0.1, -0.05) is 11.6 Å². The lowest BCUT2D eigenvalue weighted by Crippen LogP contribution is -2.36. The smallest absolute Gasteiger partial charge is 0.335 e. The van der Waals surface area contributed by atoms with Crippen LogP contribution >= 0.6 is 11.6 Å². The third-order valence-corrected chi connectivity index (χ3v) is 4.92. The number of nitrogens with one attached hydrogen (secondary N) is 2. The second-order valence-electron chi connectivity index (χ2n) is 4.97. The number of anilines is 1. The van der Waals surface area contributed by atoms with Crippen molar-refractivity contribution in [2.75, 3.05) is 19.5 Å². The van der Waals surface area contributed by atoms with Crippen LogP contribution in [0, 0.1) is 0 Å². The molecule has 144 valence electrons. The first kappa shape index (κ1) is 18.7. The van der Waals surface area contributed by atoms with Crippen LogP contribution in [0.15, 0.2) is 17.4 Å². The molecule has 0 saturated carbocycles. The molecule has 0 aliphatic rings. The molecule has 0 saturated heterocycles. The lowest BCUT2D eigenvalue weighted by Gasteiger charge is -2.09. The number of nitrogens with zero attached hydrogens (tertiary/aromatic N) is 6. The van der Waals surface area contributed by atoms with Gasteiger partial charge in [-0.2, -0.15) is 28.4 Å². The third kappa shape index (κ3) is 3.56. The maximum atomic E-state index is 12.6. The summed E-state index contributed by atoms with van der Waals surface area (Å²) in [6, 6.07) is 0.254. The lowest BCUT2D eigenvalue weighted by molar-refractivity contribution is 0.256. The Bertz CT molecular complexity index is 1100. The monoisotopic (exact) mass is 416 g/mol. The molecule has 0 fully saturated rings. The fourth-order valence-corrected chi connectivity index (χ4v) is 3.66. The van der Waals surface area contributed by atoms with E-state index in [1.54, 1.807) is 4.72 Å². The van der Waals surface area contributed by atoms with Crippen LogP contribution in [-0.2, 0) is 17.1 Å². The maximum Gasteiger partial charge on any atom is 0.335 e. The first-order chi connectivity index (χ1) is 12.7. The SMILES string of the molecule is COc1cc(OC)nc(NC(=O)NS(=O)(=O)c2c(Cl)nc3ncn(C)n23)n1. The molecular weight excluding hydrogens is 404 g/mol. The Labute approximate surface area is 157 Å². The van der Waals surface area contributed by atoms with E-state index in [1.165, 1.54) is 38.3 Å². The molecule has 3 heterocycles. The van der Waals surface area contributed by atoms with Crippen molar-refractivity contribution < 1.29 is 22.7 Å². The third-order valence-electron chi connectivity index (χ3n) is 3.22. The van der Waals surface area contributed by atoms with Crippen LogP contribution in [0.4, 0.5) is 10.7 Å². The van der Waals surface area contributed by atoms with E-state index in [9.17, 15) is 13.2 Å². The number of imidazole rings is 1. The van der Waals surface area contributed by atoms with Gasteiger partial charge in [0.2, 0.25) is 22.7 Å². The van der Waals surface area contributed by atoms with Crippen molar-refractivity contribution >= 4 is 39.4 Å². The Morgan fingerprint density at radius 1 is 1.19 bits per heavy atom.